The summed E-state index contributed by atoms with van der Waals surface area (Å²) >= 11 is 6.02. The molecule has 0 bridgehead atoms. The lowest BCUT2D eigenvalue weighted by molar-refractivity contribution is 0.0284. The minimum atomic E-state index is -0.763. The fraction of sp³-hybridized carbons (Fsp3) is 0.538. The van der Waals surface area contributed by atoms with E-state index in [9.17, 15) is 9.50 Å². The van der Waals surface area contributed by atoms with Crippen LogP contribution in [0.25, 0.3) is 0 Å². The Morgan fingerprint density at radius 1 is 1.35 bits per heavy atom. The molecule has 0 amide bonds. The fourth-order valence-corrected chi connectivity index (χ4v) is 2.51. The van der Waals surface area contributed by atoms with Gasteiger partial charge in [0.1, 0.15) is 5.82 Å². The van der Waals surface area contributed by atoms with Crippen molar-refractivity contribution in [1.29, 1.82) is 0 Å². The van der Waals surface area contributed by atoms with Crippen LogP contribution in [0, 0.1) is 5.82 Å². The molecule has 4 heteroatoms. The molecule has 1 unspecified atom stereocenters. The second kappa shape index (κ2) is 5.34. The van der Waals surface area contributed by atoms with E-state index in [2.05, 4.69) is 5.32 Å². The van der Waals surface area contributed by atoms with E-state index in [4.69, 9.17) is 11.6 Å². The number of nitrogens with one attached hydrogen (secondary N) is 1. The molecule has 0 spiro atoms. The molecule has 1 aromatic carbocycles. The Balaban J connectivity index is 2.15. The maximum Gasteiger partial charge on any atom is 0.123 e. The van der Waals surface area contributed by atoms with Crippen LogP contribution in [0.15, 0.2) is 18.2 Å². The summed E-state index contributed by atoms with van der Waals surface area (Å²) in [6.45, 7) is 1.72. The van der Waals surface area contributed by atoms with Crippen LogP contribution in [-0.4, -0.2) is 23.8 Å². The van der Waals surface area contributed by atoms with E-state index in [1.54, 1.807) is 6.07 Å². The van der Waals surface area contributed by atoms with Gasteiger partial charge in [-0.05, 0) is 56.1 Å². The zero-order chi connectivity index (χ0) is 12.3. The molecule has 1 aromatic rings. The maximum atomic E-state index is 13.2. The summed E-state index contributed by atoms with van der Waals surface area (Å²) in [4.78, 5) is 0. The van der Waals surface area contributed by atoms with Gasteiger partial charge in [0, 0.05) is 11.4 Å². The predicted octanol–water partition coefficient (Wildman–Crippen LogP) is 2.53. The summed E-state index contributed by atoms with van der Waals surface area (Å²) in [6, 6.07) is 4.30. The van der Waals surface area contributed by atoms with Crippen molar-refractivity contribution in [3.05, 3.63) is 34.6 Å². The summed E-state index contributed by atoms with van der Waals surface area (Å²) in [7, 11) is 0. The zero-order valence-corrected chi connectivity index (χ0v) is 10.4. The van der Waals surface area contributed by atoms with Crippen molar-refractivity contribution in [3.8, 4) is 0 Å². The zero-order valence-electron chi connectivity index (χ0n) is 9.68. The number of hydrogen-bond donors (Lipinski definition) is 2. The normalized spacial score (nSPS) is 25.6. The van der Waals surface area contributed by atoms with Crippen molar-refractivity contribution in [2.75, 3.05) is 13.1 Å². The Morgan fingerprint density at radius 2 is 2.18 bits per heavy atom. The Kier molecular flexibility index (Phi) is 4.02. The van der Waals surface area contributed by atoms with Crippen molar-refractivity contribution in [2.45, 2.75) is 31.3 Å². The molecule has 0 aliphatic carbocycles. The number of benzene rings is 1. The van der Waals surface area contributed by atoms with E-state index >= 15 is 0 Å². The van der Waals surface area contributed by atoms with Crippen molar-refractivity contribution in [2.24, 2.45) is 0 Å². The maximum absolute atomic E-state index is 13.2. The highest BCUT2D eigenvalue weighted by Gasteiger charge is 2.28. The second-order valence-electron chi connectivity index (χ2n) is 4.74. The lowest BCUT2D eigenvalue weighted by Gasteiger charge is -2.26. The van der Waals surface area contributed by atoms with Crippen LogP contribution in [0.5, 0.6) is 0 Å². The number of aliphatic hydroxyl groups is 1. The third-order valence-corrected chi connectivity index (χ3v) is 3.66. The van der Waals surface area contributed by atoms with Crippen LogP contribution in [0.2, 0.25) is 5.02 Å². The molecule has 1 saturated heterocycles. The molecule has 17 heavy (non-hydrogen) atoms. The molecular weight excluding hydrogens is 241 g/mol. The van der Waals surface area contributed by atoms with Gasteiger partial charge in [0.05, 0.1) is 5.60 Å². The summed E-state index contributed by atoms with van der Waals surface area (Å²) in [5.41, 5.74) is -0.0722. The SMILES string of the molecule is OC1(Cc2cc(F)ccc2Cl)CCCNCC1. The van der Waals surface area contributed by atoms with E-state index in [1.807, 2.05) is 0 Å². The first kappa shape index (κ1) is 12.8. The van der Waals surface area contributed by atoms with Gasteiger partial charge in [-0.25, -0.2) is 4.39 Å². The molecule has 1 aliphatic heterocycles. The molecule has 0 saturated carbocycles. The smallest absolute Gasteiger partial charge is 0.123 e. The summed E-state index contributed by atoms with van der Waals surface area (Å²) in [5, 5.41) is 14.3. The minimum Gasteiger partial charge on any atom is -0.389 e. The first-order valence-electron chi connectivity index (χ1n) is 5.96. The van der Waals surface area contributed by atoms with Crippen LogP contribution in [0.4, 0.5) is 4.39 Å². The fourth-order valence-electron chi connectivity index (χ4n) is 2.32. The Morgan fingerprint density at radius 3 is 3.00 bits per heavy atom. The lowest BCUT2D eigenvalue weighted by Crippen LogP contribution is -2.32. The van der Waals surface area contributed by atoms with Gasteiger partial charge in [-0.3, -0.25) is 0 Å². The molecule has 1 aliphatic rings. The average Bonchev–Trinajstić information content (AvgIpc) is 2.49. The summed E-state index contributed by atoms with van der Waals surface area (Å²) < 4.78 is 13.2. The number of rotatable bonds is 2. The van der Waals surface area contributed by atoms with Crippen molar-refractivity contribution in [1.82, 2.24) is 5.32 Å². The molecule has 1 fully saturated rings. The Labute approximate surface area is 106 Å². The van der Waals surface area contributed by atoms with Gasteiger partial charge in [0.25, 0.3) is 0 Å². The average molecular weight is 258 g/mol. The summed E-state index contributed by atoms with van der Waals surface area (Å²) in [5.74, 6) is -0.306. The highest BCUT2D eigenvalue weighted by atomic mass is 35.5. The third kappa shape index (κ3) is 3.41. The molecule has 1 atom stereocenters. The van der Waals surface area contributed by atoms with E-state index < -0.39 is 5.60 Å². The number of halogens is 2. The van der Waals surface area contributed by atoms with Crippen molar-refractivity contribution < 1.29 is 9.50 Å². The first-order valence-corrected chi connectivity index (χ1v) is 6.34. The van der Waals surface area contributed by atoms with E-state index in [1.165, 1.54) is 12.1 Å². The van der Waals surface area contributed by atoms with Gasteiger partial charge in [-0.1, -0.05) is 11.6 Å². The van der Waals surface area contributed by atoms with Crippen LogP contribution in [-0.2, 0) is 6.42 Å². The predicted molar refractivity (Wildman–Crippen MR) is 66.8 cm³/mol. The van der Waals surface area contributed by atoms with Crippen LogP contribution < -0.4 is 5.32 Å². The molecule has 0 aromatic heterocycles. The van der Waals surface area contributed by atoms with Crippen LogP contribution in [0.1, 0.15) is 24.8 Å². The monoisotopic (exact) mass is 257 g/mol. The van der Waals surface area contributed by atoms with Crippen molar-refractivity contribution >= 4 is 11.6 Å². The molecule has 94 valence electrons. The van der Waals surface area contributed by atoms with E-state index in [-0.39, 0.29) is 5.82 Å². The van der Waals surface area contributed by atoms with E-state index in [0.717, 1.165) is 25.9 Å². The molecule has 1 heterocycles. The van der Waals surface area contributed by atoms with Crippen LogP contribution >= 0.6 is 11.6 Å². The van der Waals surface area contributed by atoms with Crippen molar-refractivity contribution in [3.63, 3.8) is 0 Å². The standard InChI is InChI=1S/C13H17ClFNO/c14-12-3-2-11(15)8-10(12)9-13(17)4-1-6-16-7-5-13/h2-3,8,16-17H,1,4-7,9H2. The highest BCUT2D eigenvalue weighted by Crippen LogP contribution is 2.28. The van der Waals surface area contributed by atoms with Gasteiger partial charge < -0.3 is 10.4 Å². The Hall–Kier alpha value is -0.640. The quantitative estimate of drug-likeness (QED) is 0.853. The molecule has 0 radical (unpaired) electrons. The molecular formula is C13H17ClFNO. The molecule has 2 nitrogen and oxygen atoms in total. The summed E-state index contributed by atoms with van der Waals surface area (Å²) in [6.07, 6.45) is 2.77. The van der Waals surface area contributed by atoms with Gasteiger partial charge >= 0.3 is 0 Å². The third-order valence-electron chi connectivity index (χ3n) is 3.29. The van der Waals surface area contributed by atoms with Gasteiger partial charge in [0.15, 0.2) is 0 Å². The van der Waals surface area contributed by atoms with Gasteiger partial charge in [-0.2, -0.15) is 0 Å². The highest BCUT2D eigenvalue weighted by molar-refractivity contribution is 6.31. The topological polar surface area (TPSA) is 32.3 Å². The Bertz CT molecular complexity index is 389. The molecule has 2 rings (SSSR count). The van der Waals surface area contributed by atoms with Gasteiger partial charge in [0.2, 0.25) is 0 Å². The van der Waals surface area contributed by atoms with E-state index in [0.29, 0.717) is 23.4 Å². The van der Waals surface area contributed by atoms with Crippen LogP contribution in [0.3, 0.4) is 0 Å². The second-order valence-corrected chi connectivity index (χ2v) is 5.15. The molecule has 2 N–H and O–H groups in total. The van der Waals surface area contributed by atoms with Gasteiger partial charge in [-0.15, -0.1) is 0 Å². The lowest BCUT2D eigenvalue weighted by atomic mass is 9.88. The number of hydrogen-bond acceptors (Lipinski definition) is 2. The first-order chi connectivity index (χ1) is 8.09. The largest absolute Gasteiger partial charge is 0.389 e. The minimum absolute atomic E-state index is 0.306.